The van der Waals surface area contributed by atoms with E-state index in [9.17, 15) is 9.90 Å². The Balaban J connectivity index is 1.64. The number of anilines is 1. The van der Waals surface area contributed by atoms with E-state index in [1.807, 2.05) is 12.1 Å². The fourth-order valence-corrected chi connectivity index (χ4v) is 4.21. The summed E-state index contributed by atoms with van der Waals surface area (Å²) < 4.78 is 5.30. The molecule has 182 valence electrons. The molecule has 0 heterocycles. The lowest BCUT2D eigenvalue weighted by atomic mass is 10.0. The molecule has 4 nitrogen and oxygen atoms in total. The number of carbonyl (C=O) groups is 1. The highest BCUT2D eigenvalue weighted by Crippen LogP contribution is 2.38. The fourth-order valence-electron chi connectivity index (χ4n) is 3.76. The van der Waals surface area contributed by atoms with E-state index >= 15 is 0 Å². The molecule has 2 rings (SSSR count). The summed E-state index contributed by atoms with van der Waals surface area (Å²) in [4.78, 5) is 12.2. The van der Waals surface area contributed by atoms with Crippen LogP contribution >= 0.6 is 23.2 Å². The Hall–Kier alpha value is -1.91. The van der Waals surface area contributed by atoms with Crippen molar-refractivity contribution >= 4 is 35.0 Å². The molecule has 33 heavy (non-hydrogen) atoms. The van der Waals surface area contributed by atoms with Crippen LogP contribution in [-0.2, 0) is 6.42 Å². The van der Waals surface area contributed by atoms with Crippen LogP contribution < -0.4 is 10.1 Å². The molecule has 0 radical (unpaired) electrons. The first-order valence-corrected chi connectivity index (χ1v) is 12.9. The Morgan fingerprint density at radius 2 is 1.45 bits per heavy atom. The molecule has 0 saturated heterocycles. The average molecular weight is 495 g/mol. The predicted molar refractivity (Wildman–Crippen MR) is 139 cm³/mol. The molecule has 0 aromatic heterocycles. The number of nitrogens with one attached hydrogen (secondary N) is 1. The Kier molecular flexibility index (Phi) is 12.5. The number of halogens is 2. The highest BCUT2D eigenvalue weighted by Gasteiger charge is 2.15. The van der Waals surface area contributed by atoms with E-state index in [1.54, 1.807) is 19.1 Å². The largest absolute Gasteiger partial charge is 0.504 e. The molecule has 0 aliphatic heterocycles. The Morgan fingerprint density at radius 1 is 0.909 bits per heavy atom. The van der Waals surface area contributed by atoms with Crippen LogP contribution in [0.4, 0.5) is 10.5 Å². The number of unbranched alkanes of at least 4 members (excludes halogenated alkanes) is 10. The van der Waals surface area contributed by atoms with Gasteiger partial charge < -0.3 is 9.84 Å². The molecule has 0 saturated carbocycles. The Bertz CT molecular complexity index is 869. The van der Waals surface area contributed by atoms with Crippen molar-refractivity contribution < 1.29 is 14.6 Å². The monoisotopic (exact) mass is 493 g/mol. The number of ether oxygens (including phenoxy) is 1. The number of benzene rings is 2. The van der Waals surface area contributed by atoms with Gasteiger partial charge in [-0.25, -0.2) is 4.79 Å². The number of hydrogen-bond donors (Lipinski definition) is 2. The van der Waals surface area contributed by atoms with Crippen molar-refractivity contribution in [1.82, 2.24) is 0 Å². The van der Waals surface area contributed by atoms with Crippen molar-refractivity contribution in [3.63, 3.8) is 0 Å². The normalized spacial score (nSPS) is 10.9. The second-order valence-electron chi connectivity index (χ2n) is 8.64. The molecule has 0 fully saturated rings. The summed E-state index contributed by atoms with van der Waals surface area (Å²) in [5, 5.41) is 13.0. The summed E-state index contributed by atoms with van der Waals surface area (Å²) in [7, 11) is 0. The van der Waals surface area contributed by atoms with Gasteiger partial charge in [0.2, 0.25) is 0 Å². The number of carbonyl (C=O) groups excluding carboxylic acids is 1. The van der Waals surface area contributed by atoms with Gasteiger partial charge in [0, 0.05) is 5.02 Å². The lowest BCUT2D eigenvalue weighted by molar-refractivity contribution is 0.215. The van der Waals surface area contributed by atoms with Gasteiger partial charge in [0.1, 0.15) is 5.75 Å². The quantitative estimate of drug-likeness (QED) is 0.203. The molecule has 0 unspecified atom stereocenters. The minimum absolute atomic E-state index is 0.101. The third-order valence-corrected chi connectivity index (χ3v) is 6.72. The van der Waals surface area contributed by atoms with E-state index in [0.29, 0.717) is 16.3 Å². The van der Waals surface area contributed by atoms with Crippen LogP contribution in [0.3, 0.4) is 0 Å². The molecular weight excluding hydrogens is 457 g/mol. The lowest BCUT2D eigenvalue weighted by Crippen LogP contribution is -2.17. The molecule has 0 atom stereocenters. The molecule has 0 aliphatic rings. The molecule has 0 bridgehead atoms. The lowest BCUT2D eigenvalue weighted by Gasteiger charge is -2.12. The SMILES string of the molecule is CCCCCCCCCCCCCc1ccc(OC(=O)Nc2cc(Cl)c(C)c(Cl)c2O)cc1. The van der Waals surface area contributed by atoms with E-state index in [-0.39, 0.29) is 16.5 Å². The number of hydrogen-bond acceptors (Lipinski definition) is 3. The smallest absolute Gasteiger partial charge is 0.417 e. The molecule has 2 aromatic carbocycles. The first-order chi connectivity index (χ1) is 15.9. The molecule has 0 spiro atoms. The van der Waals surface area contributed by atoms with Gasteiger partial charge >= 0.3 is 6.09 Å². The molecule has 6 heteroatoms. The second kappa shape index (κ2) is 15.1. The number of phenols is 1. The van der Waals surface area contributed by atoms with Crippen molar-refractivity contribution in [3.05, 3.63) is 51.5 Å². The van der Waals surface area contributed by atoms with Crippen LogP contribution in [-0.4, -0.2) is 11.2 Å². The zero-order valence-corrected chi connectivity index (χ0v) is 21.4. The maximum absolute atomic E-state index is 12.2. The van der Waals surface area contributed by atoms with E-state index in [4.69, 9.17) is 27.9 Å². The van der Waals surface area contributed by atoms with Crippen LogP contribution in [0.15, 0.2) is 30.3 Å². The van der Waals surface area contributed by atoms with Crippen LogP contribution in [0, 0.1) is 6.92 Å². The van der Waals surface area contributed by atoms with Gasteiger partial charge in [-0.15, -0.1) is 0 Å². The summed E-state index contributed by atoms with van der Waals surface area (Å²) in [5.41, 5.74) is 1.88. The second-order valence-corrected chi connectivity index (χ2v) is 9.42. The Labute approximate surface area is 208 Å². The van der Waals surface area contributed by atoms with Crippen LogP contribution in [0.25, 0.3) is 0 Å². The molecule has 0 aliphatic carbocycles. The minimum atomic E-state index is -0.723. The topological polar surface area (TPSA) is 58.6 Å². The predicted octanol–water partition coefficient (Wildman–Crippen LogP) is 9.47. The zero-order chi connectivity index (χ0) is 24.1. The molecule has 1 amide bonds. The number of phenolic OH excluding ortho intramolecular Hbond substituents is 1. The van der Waals surface area contributed by atoms with Crippen molar-refractivity contribution in [3.8, 4) is 11.5 Å². The van der Waals surface area contributed by atoms with Crippen LogP contribution in [0.1, 0.15) is 88.7 Å². The van der Waals surface area contributed by atoms with Crippen molar-refractivity contribution in [2.45, 2.75) is 90.9 Å². The molecular formula is C27H37Cl2NO3. The van der Waals surface area contributed by atoms with Crippen molar-refractivity contribution in [2.75, 3.05) is 5.32 Å². The minimum Gasteiger partial charge on any atom is -0.504 e. The number of aryl methyl sites for hydroxylation is 1. The number of rotatable bonds is 14. The first kappa shape index (κ1) is 27.3. The van der Waals surface area contributed by atoms with E-state index < -0.39 is 6.09 Å². The standard InChI is InChI=1S/C27H37Cl2NO3/c1-3-4-5-6-7-8-9-10-11-12-13-14-21-15-17-22(18-16-21)33-27(32)30-24-19-23(28)20(2)25(29)26(24)31/h15-19,31H,3-14H2,1-2H3,(H,30,32). The number of amides is 1. The van der Waals surface area contributed by atoms with Crippen molar-refractivity contribution in [2.24, 2.45) is 0 Å². The highest BCUT2D eigenvalue weighted by atomic mass is 35.5. The third kappa shape index (κ3) is 9.85. The maximum atomic E-state index is 12.2. The Morgan fingerprint density at radius 3 is 2.03 bits per heavy atom. The summed E-state index contributed by atoms with van der Waals surface area (Å²) in [5.74, 6) is 0.192. The average Bonchev–Trinajstić information content (AvgIpc) is 2.80. The summed E-state index contributed by atoms with van der Waals surface area (Å²) in [6, 6.07) is 8.97. The maximum Gasteiger partial charge on any atom is 0.417 e. The summed E-state index contributed by atoms with van der Waals surface area (Å²) in [6.45, 7) is 3.94. The molecule has 2 N–H and O–H groups in total. The zero-order valence-electron chi connectivity index (χ0n) is 19.9. The van der Waals surface area contributed by atoms with Gasteiger partial charge in [0.25, 0.3) is 0 Å². The third-order valence-electron chi connectivity index (χ3n) is 5.86. The van der Waals surface area contributed by atoms with Gasteiger partial charge in [0.15, 0.2) is 5.75 Å². The molecule has 2 aromatic rings. The summed E-state index contributed by atoms with van der Waals surface area (Å²) in [6.07, 6.45) is 15.0. The summed E-state index contributed by atoms with van der Waals surface area (Å²) >= 11 is 12.1. The van der Waals surface area contributed by atoms with Crippen molar-refractivity contribution in [1.29, 1.82) is 0 Å². The van der Waals surface area contributed by atoms with Gasteiger partial charge in [-0.05, 0) is 49.1 Å². The first-order valence-electron chi connectivity index (χ1n) is 12.2. The van der Waals surface area contributed by atoms with Gasteiger partial charge in [-0.3, -0.25) is 5.32 Å². The van der Waals surface area contributed by atoms with E-state index in [0.717, 1.165) is 6.42 Å². The van der Waals surface area contributed by atoms with Crippen LogP contribution in [0.2, 0.25) is 10.0 Å². The highest BCUT2D eigenvalue weighted by molar-refractivity contribution is 6.37. The fraction of sp³-hybridized carbons (Fsp3) is 0.519. The van der Waals surface area contributed by atoms with E-state index in [1.165, 1.54) is 82.3 Å². The number of aromatic hydroxyl groups is 1. The van der Waals surface area contributed by atoms with E-state index in [2.05, 4.69) is 12.2 Å². The van der Waals surface area contributed by atoms with Crippen LogP contribution in [0.5, 0.6) is 11.5 Å². The van der Waals surface area contributed by atoms with Gasteiger partial charge in [-0.2, -0.15) is 0 Å². The van der Waals surface area contributed by atoms with Gasteiger partial charge in [0.05, 0.1) is 10.7 Å². The van der Waals surface area contributed by atoms with Gasteiger partial charge in [-0.1, -0.05) is 106 Å².